The summed E-state index contributed by atoms with van der Waals surface area (Å²) in [6.45, 7) is 4.95. The van der Waals surface area contributed by atoms with Crippen molar-refractivity contribution in [3.8, 4) is 6.07 Å². The molecule has 1 amide bonds. The highest BCUT2D eigenvalue weighted by atomic mass is 16.5. The Morgan fingerprint density at radius 3 is 3.05 bits per heavy atom. The van der Waals surface area contributed by atoms with Crippen molar-refractivity contribution in [3.05, 3.63) is 12.7 Å². The van der Waals surface area contributed by atoms with Gasteiger partial charge in [0.05, 0.1) is 24.8 Å². The lowest BCUT2D eigenvalue weighted by Crippen LogP contribution is -2.53. The average Bonchev–Trinajstić information content (AvgIpc) is 3.17. The van der Waals surface area contributed by atoms with E-state index in [0.29, 0.717) is 12.5 Å². The van der Waals surface area contributed by atoms with Gasteiger partial charge in [-0.1, -0.05) is 6.08 Å². The van der Waals surface area contributed by atoms with Crippen molar-refractivity contribution in [2.24, 2.45) is 5.92 Å². The van der Waals surface area contributed by atoms with Crippen LogP contribution in [0.15, 0.2) is 12.7 Å². The average molecular weight is 275 g/mol. The fraction of sp³-hybridized carbons (Fsp3) is 0.733. The Hall–Kier alpha value is -1.38. The van der Waals surface area contributed by atoms with Crippen molar-refractivity contribution in [3.63, 3.8) is 0 Å². The normalized spacial score (nSPS) is 39.0. The maximum Gasteiger partial charge on any atom is 0.241 e. The smallest absolute Gasteiger partial charge is 0.241 e. The molecule has 0 aromatic rings. The molecule has 0 unspecified atom stereocenters. The van der Waals surface area contributed by atoms with E-state index in [9.17, 15) is 4.79 Å². The van der Waals surface area contributed by atoms with Crippen molar-refractivity contribution in [1.29, 1.82) is 5.26 Å². The molecule has 3 rings (SSSR count). The van der Waals surface area contributed by atoms with E-state index in [-0.39, 0.29) is 30.1 Å². The third-order valence-electron chi connectivity index (χ3n) is 4.78. The van der Waals surface area contributed by atoms with Gasteiger partial charge in [0, 0.05) is 12.6 Å². The molecule has 5 atom stereocenters. The third kappa shape index (κ3) is 2.23. The molecule has 0 spiro atoms. The van der Waals surface area contributed by atoms with Gasteiger partial charge in [-0.15, -0.1) is 6.58 Å². The Kier molecular flexibility index (Phi) is 3.77. The first kappa shape index (κ1) is 13.6. The van der Waals surface area contributed by atoms with E-state index in [4.69, 9.17) is 10.00 Å². The monoisotopic (exact) mass is 275 g/mol. The lowest BCUT2D eigenvalue weighted by atomic mass is 9.97. The minimum atomic E-state index is -0.226. The Labute approximate surface area is 119 Å². The second kappa shape index (κ2) is 5.55. The first-order valence-corrected chi connectivity index (χ1v) is 7.43. The Balaban J connectivity index is 1.60. The van der Waals surface area contributed by atoms with E-state index in [1.807, 2.05) is 0 Å². The minimum absolute atomic E-state index is 0.113. The highest BCUT2D eigenvalue weighted by molar-refractivity contribution is 5.83. The summed E-state index contributed by atoms with van der Waals surface area (Å²) in [5, 5.41) is 12.5. The first-order valence-electron chi connectivity index (χ1n) is 7.43. The molecule has 0 radical (unpaired) electrons. The highest BCUT2D eigenvalue weighted by Gasteiger charge is 2.50. The predicted molar refractivity (Wildman–Crippen MR) is 73.7 cm³/mol. The van der Waals surface area contributed by atoms with Gasteiger partial charge < -0.3 is 15.0 Å². The van der Waals surface area contributed by atoms with E-state index < -0.39 is 0 Å². The molecular weight excluding hydrogens is 254 g/mol. The maximum absolute atomic E-state index is 12.6. The van der Waals surface area contributed by atoms with Gasteiger partial charge in [0.25, 0.3) is 0 Å². The van der Waals surface area contributed by atoms with E-state index in [1.54, 1.807) is 11.0 Å². The lowest BCUT2D eigenvalue weighted by molar-refractivity contribution is -0.135. The van der Waals surface area contributed by atoms with Crippen LogP contribution in [-0.4, -0.2) is 48.2 Å². The molecule has 2 bridgehead atoms. The molecule has 1 aliphatic carbocycles. The standard InChI is InChI=1S/C15H21N3O2/c1-2-6-20-13-8-10-7-12(13)17-14(10)15(19)18-5-3-4-11(18)9-16/h2,10-14,17H,1,3-8H2/t10-,11-,12+,13+,14-/m0/s1. The second-order valence-electron chi connectivity index (χ2n) is 5.96. The van der Waals surface area contributed by atoms with Crippen molar-refractivity contribution in [2.75, 3.05) is 13.2 Å². The Morgan fingerprint density at radius 2 is 2.40 bits per heavy atom. The summed E-state index contributed by atoms with van der Waals surface area (Å²) in [6.07, 6.45) is 5.66. The van der Waals surface area contributed by atoms with E-state index in [1.165, 1.54) is 0 Å². The number of rotatable bonds is 4. The predicted octanol–water partition coefficient (Wildman–Crippen LogP) is 0.823. The number of nitriles is 1. The number of piperidine rings is 1. The van der Waals surface area contributed by atoms with Crippen LogP contribution in [0.2, 0.25) is 0 Å². The van der Waals surface area contributed by atoms with Crippen molar-refractivity contribution in [2.45, 2.75) is 49.9 Å². The van der Waals surface area contributed by atoms with Crippen molar-refractivity contribution >= 4 is 5.91 Å². The first-order chi connectivity index (χ1) is 9.74. The van der Waals surface area contributed by atoms with E-state index in [0.717, 1.165) is 32.2 Å². The molecule has 1 saturated carbocycles. The van der Waals surface area contributed by atoms with Crippen LogP contribution in [0.25, 0.3) is 0 Å². The largest absolute Gasteiger partial charge is 0.373 e. The number of likely N-dealkylation sites (tertiary alicyclic amines) is 1. The van der Waals surface area contributed by atoms with Crippen LogP contribution in [-0.2, 0) is 9.53 Å². The van der Waals surface area contributed by atoms with Gasteiger partial charge in [0.1, 0.15) is 6.04 Å². The van der Waals surface area contributed by atoms with Crippen LogP contribution in [0, 0.1) is 17.2 Å². The van der Waals surface area contributed by atoms with Gasteiger partial charge in [-0.05, 0) is 31.6 Å². The number of fused-ring (bicyclic) bond motifs is 2. The molecule has 2 heterocycles. The zero-order chi connectivity index (χ0) is 14.1. The van der Waals surface area contributed by atoms with Gasteiger partial charge in [-0.25, -0.2) is 0 Å². The lowest BCUT2D eigenvalue weighted by Gasteiger charge is -2.32. The fourth-order valence-electron chi connectivity index (χ4n) is 3.84. The molecular formula is C15H21N3O2. The summed E-state index contributed by atoms with van der Waals surface area (Å²) in [6, 6.07) is 2.18. The third-order valence-corrected chi connectivity index (χ3v) is 4.78. The van der Waals surface area contributed by atoms with E-state index in [2.05, 4.69) is 18.0 Å². The number of nitrogens with zero attached hydrogens (tertiary/aromatic N) is 2. The zero-order valence-corrected chi connectivity index (χ0v) is 11.6. The molecule has 1 N–H and O–H groups in total. The molecule has 0 aromatic heterocycles. The van der Waals surface area contributed by atoms with Crippen LogP contribution in [0.1, 0.15) is 25.7 Å². The van der Waals surface area contributed by atoms with Gasteiger partial charge in [-0.3, -0.25) is 4.79 Å². The summed E-state index contributed by atoms with van der Waals surface area (Å²) in [7, 11) is 0. The topological polar surface area (TPSA) is 65.4 Å². The summed E-state index contributed by atoms with van der Waals surface area (Å²) < 4.78 is 5.72. The summed E-state index contributed by atoms with van der Waals surface area (Å²) in [5.41, 5.74) is 0. The van der Waals surface area contributed by atoms with Crippen LogP contribution >= 0.6 is 0 Å². The minimum Gasteiger partial charge on any atom is -0.373 e. The molecule has 20 heavy (non-hydrogen) atoms. The van der Waals surface area contributed by atoms with Crippen LogP contribution in [0.5, 0.6) is 0 Å². The SMILES string of the molecule is C=CCO[C@@H]1C[C@@H]2C[C@H]1N[C@@H]2C(=O)N1CCC[C@H]1C#N. The molecule has 2 saturated heterocycles. The Morgan fingerprint density at radius 1 is 1.55 bits per heavy atom. The van der Waals surface area contributed by atoms with Crippen molar-refractivity contribution in [1.82, 2.24) is 10.2 Å². The summed E-state index contributed by atoms with van der Waals surface area (Å²) >= 11 is 0. The molecule has 0 aromatic carbocycles. The number of hydrogen-bond acceptors (Lipinski definition) is 4. The quantitative estimate of drug-likeness (QED) is 0.772. The molecule has 5 nitrogen and oxygen atoms in total. The molecule has 108 valence electrons. The van der Waals surface area contributed by atoms with Gasteiger partial charge in [0.15, 0.2) is 0 Å². The van der Waals surface area contributed by atoms with Gasteiger partial charge in [0.2, 0.25) is 5.91 Å². The van der Waals surface area contributed by atoms with Crippen LogP contribution in [0.3, 0.4) is 0 Å². The number of nitrogens with one attached hydrogen (secondary N) is 1. The van der Waals surface area contributed by atoms with Gasteiger partial charge in [-0.2, -0.15) is 5.26 Å². The Bertz CT molecular complexity index is 445. The van der Waals surface area contributed by atoms with E-state index >= 15 is 0 Å². The number of ether oxygens (including phenoxy) is 1. The molecule has 2 aliphatic heterocycles. The number of amides is 1. The number of carbonyl (C=O) groups is 1. The molecule has 3 fully saturated rings. The van der Waals surface area contributed by atoms with Gasteiger partial charge >= 0.3 is 0 Å². The van der Waals surface area contributed by atoms with Crippen LogP contribution < -0.4 is 5.32 Å². The van der Waals surface area contributed by atoms with Crippen LogP contribution in [0.4, 0.5) is 0 Å². The summed E-state index contributed by atoms with van der Waals surface area (Å²) in [4.78, 5) is 14.3. The fourth-order valence-corrected chi connectivity index (χ4v) is 3.84. The summed E-state index contributed by atoms with van der Waals surface area (Å²) in [5.74, 6) is 0.464. The second-order valence-corrected chi connectivity index (χ2v) is 5.96. The maximum atomic E-state index is 12.6. The highest BCUT2D eigenvalue weighted by Crippen LogP contribution is 2.38. The molecule has 5 heteroatoms. The number of carbonyl (C=O) groups excluding carboxylic acids is 1. The zero-order valence-electron chi connectivity index (χ0n) is 11.6. The number of hydrogen-bond donors (Lipinski definition) is 1. The molecule has 3 aliphatic rings. The van der Waals surface area contributed by atoms with Crippen molar-refractivity contribution < 1.29 is 9.53 Å².